The van der Waals surface area contributed by atoms with E-state index in [-0.39, 0.29) is 16.5 Å². The molecule has 2 rings (SSSR count). The van der Waals surface area contributed by atoms with Crippen LogP contribution < -0.4 is 0 Å². The summed E-state index contributed by atoms with van der Waals surface area (Å²) in [5.74, 6) is -0.616. The van der Waals surface area contributed by atoms with E-state index in [4.69, 9.17) is 16.3 Å². The van der Waals surface area contributed by atoms with Crippen LogP contribution in [0.3, 0.4) is 0 Å². The second-order valence-corrected chi connectivity index (χ2v) is 5.42. The maximum absolute atomic E-state index is 13.9. The Balaban J connectivity index is 2.24. The lowest BCUT2D eigenvalue weighted by molar-refractivity contribution is -0.0112. The summed E-state index contributed by atoms with van der Waals surface area (Å²) in [4.78, 5) is 0. The van der Waals surface area contributed by atoms with Crippen LogP contribution in [0.2, 0.25) is 5.02 Å². The summed E-state index contributed by atoms with van der Waals surface area (Å²) >= 11 is 8.95. The van der Waals surface area contributed by atoms with Gasteiger partial charge in [0.1, 0.15) is 5.82 Å². The Kier molecular flexibility index (Phi) is 4.42. The van der Waals surface area contributed by atoms with Crippen molar-refractivity contribution in [1.29, 1.82) is 0 Å². The Labute approximate surface area is 113 Å². The molecule has 2 unspecified atom stereocenters. The fraction of sp³-hybridized carbons (Fsp3) is 0.500. The van der Waals surface area contributed by atoms with Crippen LogP contribution >= 0.6 is 27.5 Å². The number of hydrogen-bond donors (Lipinski definition) is 1. The van der Waals surface area contributed by atoms with E-state index in [1.165, 1.54) is 0 Å². The molecule has 0 aromatic heterocycles. The van der Waals surface area contributed by atoms with Crippen molar-refractivity contribution in [1.82, 2.24) is 0 Å². The van der Waals surface area contributed by atoms with Crippen LogP contribution in [0, 0.1) is 11.7 Å². The number of aliphatic hydroxyl groups excluding tert-OH is 1. The molecular weight excluding hydrogens is 310 g/mol. The Morgan fingerprint density at radius 3 is 2.94 bits per heavy atom. The van der Waals surface area contributed by atoms with Crippen molar-refractivity contribution in [3.63, 3.8) is 0 Å². The van der Waals surface area contributed by atoms with Crippen molar-refractivity contribution in [3.05, 3.63) is 33.0 Å². The lowest BCUT2D eigenvalue weighted by atomic mass is 9.91. The molecule has 0 radical (unpaired) electrons. The van der Waals surface area contributed by atoms with E-state index in [0.29, 0.717) is 17.7 Å². The summed E-state index contributed by atoms with van der Waals surface area (Å²) in [6.07, 6.45) is 0.878. The van der Waals surface area contributed by atoms with E-state index in [2.05, 4.69) is 15.9 Å². The standard InChI is InChI=1S/C12H13BrClFO2/c13-9-4-3-8(11(15)10(9)14)12(16)7-2-1-5-17-6-7/h3-4,7,12,16H,1-2,5-6H2. The molecule has 0 amide bonds. The SMILES string of the molecule is OC(c1ccc(Br)c(Cl)c1F)C1CCCOC1. The predicted octanol–water partition coefficient (Wildman–Crippen LogP) is 3.70. The smallest absolute Gasteiger partial charge is 0.148 e. The molecule has 1 aliphatic rings. The maximum atomic E-state index is 13.9. The van der Waals surface area contributed by atoms with Gasteiger partial charge in [0.05, 0.1) is 17.7 Å². The highest BCUT2D eigenvalue weighted by Gasteiger charge is 2.27. The van der Waals surface area contributed by atoms with Crippen LogP contribution in [-0.4, -0.2) is 18.3 Å². The minimum atomic E-state index is -0.860. The van der Waals surface area contributed by atoms with E-state index < -0.39 is 11.9 Å². The van der Waals surface area contributed by atoms with Gasteiger partial charge in [0.15, 0.2) is 0 Å². The molecule has 94 valence electrons. The Morgan fingerprint density at radius 2 is 2.29 bits per heavy atom. The number of rotatable bonds is 2. The van der Waals surface area contributed by atoms with Gasteiger partial charge in [-0.3, -0.25) is 0 Å². The van der Waals surface area contributed by atoms with Crippen LogP contribution in [0.1, 0.15) is 24.5 Å². The van der Waals surface area contributed by atoms with E-state index >= 15 is 0 Å². The molecule has 0 saturated carbocycles. The average Bonchev–Trinajstić information content (AvgIpc) is 2.36. The molecule has 1 heterocycles. The first-order valence-corrected chi connectivity index (χ1v) is 6.67. The lowest BCUT2D eigenvalue weighted by Gasteiger charge is -2.27. The average molecular weight is 324 g/mol. The second kappa shape index (κ2) is 5.65. The first-order valence-electron chi connectivity index (χ1n) is 5.50. The monoisotopic (exact) mass is 322 g/mol. The summed E-state index contributed by atoms with van der Waals surface area (Å²) in [6.45, 7) is 1.18. The molecule has 5 heteroatoms. The molecule has 0 bridgehead atoms. The van der Waals surface area contributed by atoms with Gasteiger partial charge in [-0.25, -0.2) is 4.39 Å². The zero-order valence-corrected chi connectivity index (χ0v) is 11.5. The molecule has 1 aromatic rings. The third-order valence-electron chi connectivity index (χ3n) is 3.03. The maximum Gasteiger partial charge on any atom is 0.148 e. The Hall–Kier alpha value is -0.160. The zero-order valence-electron chi connectivity index (χ0n) is 9.13. The van der Waals surface area contributed by atoms with Gasteiger partial charge in [-0.2, -0.15) is 0 Å². The lowest BCUT2D eigenvalue weighted by Crippen LogP contribution is -2.24. The summed E-state index contributed by atoms with van der Waals surface area (Å²) in [6, 6.07) is 3.21. The van der Waals surface area contributed by atoms with Crippen molar-refractivity contribution in [2.75, 3.05) is 13.2 Å². The molecule has 2 atom stereocenters. The minimum absolute atomic E-state index is 0.0123. The molecule has 1 saturated heterocycles. The minimum Gasteiger partial charge on any atom is -0.388 e. The van der Waals surface area contributed by atoms with Gasteiger partial charge in [-0.15, -0.1) is 0 Å². The number of hydrogen-bond acceptors (Lipinski definition) is 2. The van der Waals surface area contributed by atoms with Crippen molar-refractivity contribution in [3.8, 4) is 0 Å². The van der Waals surface area contributed by atoms with Crippen molar-refractivity contribution in [2.45, 2.75) is 18.9 Å². The number of aliphatic hydroxyl groups is 1. The number of halogens is 3. The number of benzene rings is 1. The molecule has 0 aliphatic carbocycles. The second-order valence-electron chi connectivity index (χ2n) is 4.19. The van der Waals surface area contributed by atoms with Gasteiger partial charge in [0.2, 0.25) is 0 Å². The normalized spacial score (nSPS) is 22.5. The zero-order chi connectivity index (χ0) is 12.4. The summed E-state index contributed by atoms with van der Waals surface area (Å²) in [5, 5.41) is 10.2. The summed E-state index contributed by atoms with van der Waals surface area (Å²) < 4.78 is 19.7. The molecule has 0 spiro atoms. The largest absolute Gasteiger partial charge is 0.388 e. The number of ether oxygens (including phenoxy) is 1. The van der Waals surface area contributed by atoms with Crippen LogP contribution in [0.25, 0.3) is 0 Å². The van der Waals surface area contributed by atoms with Crippen LogP contribution in [0.4, 0.5) is 4.39 Å². The van der Waals surface area contributed by atoms with Gasteiger partial charge in [0, 0.05) is 22.6 Å². The molecule has 1 aliphatic heterocycles. The third-order valence-corrected chi connectivity index (χ3v) is 4.28. The van der Waals surface area contributed by atoms with Crippen LogP contribution in [-0.2, 0) is 4.74 Å². The van der Waals surface area contributed by atoms with Crippen molar-refractivity contribution < 1.29 is 14.2 Å². The topological polar surface area (TPSA) is 29.5 Å². The van der Waals surface area contributed by atoms with Gasteiger partial charge < -0.3 is 9.84 Å². The van der Waals surface area contributed by atoms with E-state index in [1.54, 1.807) is 12.1 Å². The van der Waals surface area contributed by atoms with E-state index in [1.807, 2.05) is 0 Å². The summed E-state index contributed by atoms with van der Waals surface area (Å²) in [5.41, 5.74) is 0.244. The van der Waals surface area contributed by atoms with E-state index in [9.17, 15) is 9.50 Å². The quantitative estimate of drug-likeness (QED) is 0.841. The highest BCUT2D eigenvalue weighted by Crippen LogP contribution is 2.35. The van der Waals surface area contributed by atoms with Gasteiger partial charge in [0.25, 0.3) is 0 Å². The molecular formula is C12H13BrClFO2. The third kappa shape index (κ3) is 2.81. The van der Waals surface area contributed by atoms with Crippen LogP contribution in [0.15, 0.2) is 16.6 Å². The highest BCUT2D eigenvalue weighted by atomic mass is 79.9. The first-order chi connectivity index (χ1) is 8.11. The van der Waals surface area contributed by atoms with Gasteiger partial charge >= 0.3 is 0 Å². The Bertz CT molecular complexity index is 408. The summed E-state index contributed by atoms with van der Waals surface area (Å²) in [7, 11) is 0. The molecule has 2 nitrogen and oxygen atoms in total. The van der Waals surface area contributed by atoms with Crippen LogP contribution in [0.5, 0.6) is 0 Å². The van der Waals surface area contributed by atoms with Gasteiger partial charge in [-0.1, -0.05) is 17.7 Å². The van der Waals surface area contributed by atoms with Crippen molar-refractivity contribution in [2.24, 2.45) is 5.92 Å². The fourth-order valence-electron chi connectivity index (χ4n) is 2.04. The van der Waals surface area contributed by atoms with Gasteiger partial charge in [-0.05, 0) is 34.8 Å². The first kappa shape index (κ1) is 13.3. The fourth-order valence-corrected chi connectivity index (χ4v) is 2.52. The molecule has 17 heavy (non-hydrogen) atoms. The molecule has 1 fully saturated rings. The Morgan fingerprint density at radius 1 is 1.53 bits per heavy atom. The molecule has 1 aromatic carbocycles. The predicted molar refractivity (Wildman–Crippen MR) is 67.6 cm³/mol. The highest BCUT2D eigenvalue weighted by molar-refractivity contribution is 9.10. The van der Waals surface area contributed by atoms with E-state index in [0.717, 1.165) is 12.8 Å². The van der Waals surface area contributed by atoms with Crippen molar-refractivity contribution >= 4 is 27.5 Å². The molecule has 1 N–H and O–H groups in total.